The second-order valence-electron chi connectivity index (χ2n) is 4.00. The Labute approximate surface area is 107 Å². The van der Waals surface area contributed by atoms with Crippen molar-refractivity contribution in [2.75, 3.05) is 5.73 Å². The second-order valence-corrected chi connectivity index (χ2v) is 5.16. The molecule has 0 unspecified atom stereocenters. The molecule has 0 saturated heterocycles. The smallest absolute Gasteiger partial charge is 0.169 e. The van der Waals surface area contributed by atoms with Crippen LogP contribution >= 0.6 is 22.6 Å². The minimum Gasteiger partial charge on any atom is -0.381 e. The van der Waals surface area contributed by atoms with Gasteiger partial charge in [-0.05, 0) is 47.6 Å². The Kier molecular flexibility index (Phi) is 2.34. The minimum absolute atomic E-state index is 0.547. The number of nitrogen functional groups attached to an aromatic ring is 1. The maximum atomic E-state index is 5.87. The molecule has 2 N–H and O–H groups in total. The van der Waals surface area contributed by atoms with Crippen LogP contribution in [0.25, 0.3) is 5.69 Å². The van der Waals surface area contributed by atoms with Gasteiger partial charge in [-0.25, -0.2) is 4.68 Å². The standard InChI is InChI=1S/C11H11IN4/c12-8-3-1-2-4-9(8)16-10(7-5-6-7)11(13)14-15-16/h1-4,7H,5-6,13H2. The Balaban J connectivity index is 2.16. The molecule has 0 spiro atoms. The molecule has 0 radical (unpaired) electrons. The third kappa shape index (κ3) is 1.59. The minimum atomic E-state index is 0.547. The monoisotopic (exact) mass is 326 g/mol. The predicted molar refractivity (Wildman–Crippen MR) is 70.5 cm³/mol. The Morgan fingerprint density at radius 3 is 2.75 bits per heavy atom. The van der Waals surface area contributed by atoms with Crippen LogP contribution in [0.3, 0.4) is 0 Å². The molecule has 0 atom stereocenters. The zero-order valence-corrected chi connectivity index (χ0v) is 10.8. The fourth-order valence-corrected chi connectivity index (χ4v) is 2.46. The molecule has 5 heteroatoms. The first-order valence-corrected chi connectivity index (χ1v) is 6.31. The molecule has 82 valence electrons. The van der Waals surface area contributed by atoms with Crippen LogP contribution in [0.5, 0.6) is 0 Å². The summed E-state index contributed by atoms with van der Waals surface area (Å²) in [7, 11) is 0. The van der Waals surface area contributed by atoms with Crippen LogP contribution in [0.4, 0.5) is 5.82 Å². The molecule has 16 heavy (non-hydrogen) atoms. The fourth-order valence-electron chi connectivity index (χ4n) is 1.84. The number of nitrogens with two attached hydrogens (primary N) is 1. The number of para-hydroxylation sites is 1. The maximum Gasteiger partial charge on any atom is 0.169 e. The van der Waals surface area contributed by atoms with E-state index in [9.17, 15) is 0 Å². The highest BCUT2D eigenvalue weighted by atomic mass is 127. The molecule has 0 amide bonds. The Hall–Kier alpha value is -1.11. The average Bonchev–Trinajstić information content (AvgIpc) is 3.04. The van der Waals surface area contributed by atoms with Crippen molar-refractivity contribution >= 4 is 28.4 Å². The second kappa shape index (κ2) is 3.73. The quantitative estimate of drug-likeness (QED) is 0.862. The van der Waals surface area contributed by atoms with Crippen molar-refractivity contribution in [1.82, 2.24) is 15.0 Å². The molecule has 1 saturated carbocycles. The lowest BCUT2D eigenvalue weighted by atomic mass is 10.2. The summed E-state index contributed by atoms with van der Waals surface area (Å²) < 4.78 is 3.04. The average molecular weight is 326 g/mol. The van der Waals surface area contributed by atoms with Gasteiger partial charge in [0.2, 0.25) is 0 Å². The summed E-state index contributed by atoms with van der Waals surface area (Å²) in [5, 5.41) is 8.13. The van der Waals surface area contributed by atoms with Gasteiger partial charge in [-0.2, -0.15) is 0 Å². The van der Waals surface area contributed by atoms with Crippen molar-refractivity contribution in [3.05, 3.63) is 33.5 Å². The number of hydrogen-bond acceptors (Lipinski definition) is 3. The highest BCUT2D eigenvalue weighted by Crippen LogP contribution is 2.42. The topological polar surface area (TPSA) is 56.7 Å². The molecule has 3 rings (SSSR count). The fraction of sp³-hybridized carbons (Fsp3) is 0.273. The number of benzene rings is 1. The lowest BCUT2D eigenvalue weighted by molar-refractivity contribution is 0.761. The van der Waals surface area contributed by atoms with E-state index in [1.807, 2.05) is 22.9 Å². The van der Waals surface area contributed by atoms with Crippen LogP contribution in [0.15, 0.2) is 24.3 Å². The van der Waals surface area contributed by atoms with Crippen molar-refractivity contribution in [3.8, 4) is 5.69 Å². The summed E-state index contributed by atoms with van der Waals surface area (Å²) in [6.07, 6.45) is 2.39. The van der Waals surface area contributed by atoms with Gasteiger partial charge in [0.05, 0.1) is 11.4 Å². The zero-order chi connectivity index (χ0) is 11.1. The van der Waals surface area contributed by atoms with E-state index >= 15 is 0 Å². The molecule has 1 fully saturated rings. The molecular weight excluding hydrogens is 315 g/mol. The van der Waals surface area contributed by atoms with Crippen LogP contribution in [0.2, 0.25) is 0 Å². The van der Waals surface area contributed by atoms with E-state index in [1.54, 1.807) is 0 Å². The molecule has 1 heterocycles. The molecule has 0 aliphatic heterocycles. The van der Waals surface area contributed by atoms with Crippen molar-refractivity contribution in [3.63, 3.8) is 0 Å². The van der Waals surface area contributed by atoms with Gasteiger partial charge in [-0.1, -0.05) is 17.3 Å². The largest absolute Gasteiger partial charge is 0.381 e. The Morgan fingerprint density at radius 2 is 2.06 bits per heavy atom. The molecule has 1 aromatic carbocycles. The number of rotatable bonds is 2. The zero-order valence-electron chi connectivity index (χ0n) is 8.60. The van der Waals surface area contributed by atoms with Gasteiger partial charge in [0, 0.05) is 9.49 Å². The predicted octanol–water partition coefficient (Wildman–Crippen LogP) is 2.33. The van der Waals surface area contributed by atoms with Gasteiger partial charge in [0.25, 0.3) is 0 Å². The maximum absolute atomic E-state index is 5.87. The SMILES string of the molecule is Nc1nnn(-c2ccccc2I)c1C1CC1. The van der Waals surface area contributed by atoms with Crippen LogP contribution in [0.1, 0.15) is 24.5 Å². The normalized spacial score (nSPS) is 15.3. The number of halogens is 1. The first kappa shape index (κ1) is 10.1. The summed E-state index contributed by atoms with van der Waals surface area (Å²) in [6.45, 7) is 0. The summed E-state index contributed by atoms with van der Waals surface area (Å²) in [6, 6.07) is 8.13. The van der Waals surface area contributed by atoms with Crippen LogP contribution < -0.4 is 5.73 Å². The van der Waals surface area contributed by atoms with Crippen LogP contribution in [0, 0.1) is 3.57 Å². The Morgan fingerprint density at radius 1 is 1.31 bits per heavy atom. The van der Waals surface area contributed by atoms with Gasteiger partial charge in [0.15, 0.2) is 5.82 Å². The molecule has 0 bridgehead atoms. The van der Waals surface area contributed by atoms with Crippen molar-refractivity contribution in [2.24, 2.45) is 0 Å². The highest BCUT2D eigenvalue weighted by Gasteiger charge is 2.31. The van der Waals surface area contributed by atoms with E-state index in [4.69, 9.17) is 5.73 Å². The van der Waals surface area contributed by atoms with Crippen LogP contribution in [-0.2, 0) is 0 Å². The van der Waals surface area contributed by atoms with E-state index in [0.29, 0.717) is 11.7 Å². The van der Waals surface area contributed by atoms with Crippen molar-refractivity contribution < 1.29 is 0 Å². The van der Waals surface area contributed by atoms with Crippen LogP contribution in [-0.4, -0.2) is 15.0 Å². The van der Waals surface area contributed by atoms with Gasteiger partial charge in [-0.15, -0.1) is 5.10 Å². The van der Waals surface area contributed by atoms with Crippen molar-refractivity contribution in [2.45, 2.75) is 18.8 Å². The summed E-state index contributed by atoms with van der Waals surface area (Å²) >= 11 is 2.30. The number of aromatic nitrogens is 3. The first-order valence-electron chi connectivity index (χ1n) is 5.23. The molecule has 1 aliphatic carbocycles. The third-order valence-electron chi connectivity index (χ3n) is 2.78. The summed E-state index contributed by atoms with van der Waals surface area (Å²) in [5.74, 6) is 1.12. The molecular formula is C11H11IN4. The van der Waals surface area contributed by atoms with E-state index < -0.39 is 0 Å². The van der Waals surface area contributed by atoms with Gasteiger partial charge < -0.3 is 5.73 Å². The van der Waals surface area contributed by atoms with E-state index in [-0.39, 0.29) is 0 Å². The van der Waals surface area contributed by atoms with Gasteiger partial charge in [0.1, 0.15) is 0 Å². The molecule has 2 aromatic rings. The number of hydrogen-bond donors (Lipinski definition) is 1. The first-order chi connectivity index (χ1) is 7.77. The number of nitrogens with zero attached hydrogens (tertiary/aromatic N) is 3. The van der Waals surface area contributed by atoms with Crippen molar-refractivity contribution in [1.29, 1.82) is 0 Å². The third-order valence-corrected chi connectivity index (χ3v) is 3.69. The molecule has 1 aliphatic rings. The summed E-state index contributed by atoms with van der Waals surface area (Å²) in [5.41, 5.74) is 8.01. The van der Waals surface area contributed by atoms with E-state index in [0.717, 1.165) is 15.0 Å². The lowest BCUT2D eigenvalue weighted by Crippen LogP contribution is -2.04. The highest BCUT2D eigenvalue weighted by molar-refractivity contribution is 14.1. The van der Waals surface area contributed by atoms with Gasteiger partial charge in [-0.3, -0.25) is 0 Å². The lowest BCUT2D eigenvalue weighted by Gasteiger charge is -2.07. The number of anilines is 1. The summed E-state index contributed by atoms with van der Waals surface area (Å²) in [4.78, 5) is 0. The van der Waals surface area contributed by atoms with E-state index in [1.165, 1.54) is 12.8 Å². The molecule has 4 nitrogen and oxygen atoms in total. The van der Waals surface area contributed by atoms with Gasteiger partial charge >= 0.3 is 0 Å². The molecule has 1 aromatic heterocycles. The van der Waals surface area contributed by atoms with E-state index in [2.05, 4.69) is 39.0 Å². The Bertz CT molecular complexity index is 531.